The second kappa shape index (κ2) is 10.7. The minimum atomic E-state index is -0.976. The highest BCUT2D eigenvalue weighted by Gasteiger charge is 2.35. The first-order chi connectivity index (χ1) is 9.85. The van der Waals surface area contributed by atoms with Crippen molar-refractivity contribution in [3.05, 3.63) is 12.7 Å². The molecule has 0 aliphatic carbocycles. The lowest BCUT2D eigenvalue weighted by atomic mass is 10.1. The Bertz CT molecular complexity index is 345. The highest BCUT2D eigenvalue weighted by atomic mass is 32.2. The first-order valence-corrected chi connectivity index (χ1v) is 8.22. The van der Waals surface area contributed by atoms with E-state index in [0.29, 0.717) is 0 Å². The Morgan fingerprint density at radius 3 is 2.62 bits per heavy atom. The SMILES string of the molecule is C=CCCCSC(C)(C)[C@H](N)C(=O)OC(=O)OCCCC. The molecular weight excluding hydrogens is 290 g/mol. The third-order valence-electron chi connectivity index (χ3n) is 2.93. The lowest BCUT2D eigenvalue weighted by Gasteiger charge is -2.28. The molecule has 2 N–H and O–H groups in total. The van der Waals surface area contributed by atoms with Gasteiger partial charge in [-0.25, -0.2) is 9.59 Å². The van der Waals surface area contributed by atoms with Crippen molar-refractivity contribution in [1.82, 2.24) is 0 Å². The fourth-order valence-corrected chi connectivity index (χ4v) is 2.52. The van der Waals surface area contributed by atoms with E-state index in [2.05, 4.69) is 11.3 Å². The highest BCUT2D eigenvalue weighted by Crippen LogP contribution is 2.28. The molecule has 0 fully saturated rings. The number of nitrogens with two attached hydrogens (primary N) is 1. The predicted octanol–water partition coefficient (Wildman–Crippen LogP) is 3.27. The first kappa shape index (κ1) is 20.0. The minimum absolute atomic E-state index is 0.248. The number of hydrogen-bond donors (Lipinski definition) is 1. The summed E-state index contributed by atoms with van der Waals surface area (Å²) < 4.78 is 8.88. The topological polar surface area (TPSA) is 78.6 Å². The maximum absolute atomic E-state index is 11.8. The lowest BCUT2D eigenvalue weighted by Crippen LogP contribution is -2.48. The lowest BCUT2D eigenvalue weighted by molar-refractivity contribution is -0.141. The predicted molar refractivity (Wildman–Crippen MR) is 86.3 cm³/mol. The zero-order valence-electron chi connectivity index (χ0n) is 13.2. The van der Waals surface area contributed by atoms with Crippen LogP contribution in [0.1, 0.15) is 46.5 Å². The van der Waals surface area contributed by atoms with Crippen LogP contribution in [0, 0.1) is 0 Å². The molecule has 0 amide bonds. The van der Waals surface area contributed by atoms with Gasteiger partial charge < -0.3 is 15.2 Å². The highest BCUT2D eigenvalue weighted by molar-refractivity contribution is 8.00. The molecule has 0 heterocycles. The molecule has 0 aliphatic heterocycles. The second-order valence-electron chi connectivity index (χ2n) is 5.23. The van der Waals surface area contributed by atoms with Crippen molar-refractivity contribution in [3.8, 4) is 0 Å². The summed E-state index contributed by atoms with van der Waals surface area (Å²) in [5, 5.41) is 0. The van der Waals surface area contributed by atoms with E-state index in [4.69, 9.17) is 10.5 Å². The van der Waals surface area contributed by atoms with Crippen molar-refractivity contribution < 1.29 is 19.1 Å². The van der Waals surface area contributed by atoms with Gasteiger partial charge in [0.25, 0.3) is 0 Å². The van der Waals surface area contributed by atoms with Crippen LogP contribution in [0.5, 0.6) is 0 Å². The van der Waals surface area contributed by atoms with Gasteiger partial charge in [0.05, 0.1) is 6.61 Å². The van der Waals surface area contributed by atoms with Gasteiger partial charge in [0.1, 0.15) is 6.04 Å². The quantitative estimate of drug-likeness (QED) is 0.288. The largest absolute Gasteiger partial charge is 0.516 e. The van der Waals surface area contributed by atoms with Crippen molar-refractivity contribution in [2.75, 3.05) is 12.4 Å². The summed E-state index contributed by atoms with van der Waals surface area (Å²) in [5.41, 5.74) is 5.89. The summed E-state index contributed by atoms with van der Waals surface area (Å²) in [4.78, 5) is 23.2. The fraction of sp³-hybridized carbons (Fsp3) is 0.733. The van der Waals surface area contributed by atoms with Gasteiger partial charge in [0.2, 0.25) is 0 Å². The number of hydrogen-bond acceptors (Lipinski definition) is 6. The molecule has 0 aromatic heterocycles. The van der Waals surface area contributed by atoms with Crippen LogP contribution < -0.4 is 5.73 Å². The van der Waals surface area contributed by atoms with Gasteiger partial charge in [0.15, 0.2) is 0 Å². The van der Waals surface area contributed by atoms with Crippen molar-refractivity contribution in [1.29, 1.82) is 0 Å². The average molecular weight is 317 g/mol. The van der Waals surface area contributed by atoms with E-state index >= 15 is 0 Å². The van der Waals surface area contributed by atoms with Crippen molar-refractivity contribution in [2.45, 2.75) is 57.2 Å². The van der Waals surface area contributed by atoms with E-state index in [1.807, 2.05) is 26.8 Å². The second-order valence-corrected chi connectivity index (χ2v) is 6.98. The normalized spacial score (nSPS) is 12.6. The molecule has 0 aromatic rings. The fourth-order valence-electron chi connectivity index (χ4n) is 1.41. The summed E-state index contributed by atoms with van der Waals surface area (Å²) in [5.74, 6) is 0.110. The summed E-state index contributed by atoms with van der Waals surface area (Å²) >= 11 is 1.58. The molecule has 0 radical (unpaired) electrons. The molecule has 0 saturated heterocycles. The number of allylic oxidation sites excluding steroid dienone is 1. The summed E-state index contributed by atoms with van der Waals surface area (Å²) in [6, 6.07) is -0.884. The standard InChI is InChI=1S/C15H27NO4S/c1-5-7-9-11-21-15(3,4)12(16)13(17)20-14(18)19-10-8-6-2/h5,12H,1,6-11,16H2,2-4H3/t12-/m1/s1. The Morgan fingerprint density at radius 1 is 1.38 bits per heavy atom. The van der Waals surface area contributed by atoms with Gasteiger partial charge in [-0.15, -0.1) is 6.58 Å². The Hall–Kier alpha value is -1.01. The molecule has 21 heavy (non-hydrogen) atoms. The van der Waals surface area contributed by atoms with Crippen LogP contribution in [0.3, 0.4) is 0 Å². The van der Waals surface area contributed by atoms with E-state index in [-0.39, 0.29) is 6.61 Å². The summed E-state index contributed by atoms with van der Waals surface area (Å²) in [7, 11) is 0. The van der Waals surface area contributed by atoms with Crippen molar-refractivity contribution in [3.63, 3.8) is 0 Å². The van der Waals surface area contributed by atoms with Gasteiger partial charge in [0, 0.05) is 4.75 Å². The molecule has 0 bridgehead atoms. The van der Waals surface area contributed by atoms with Gasteiger partial charge >= 0.3 is 12.1 Å². The maximum Gasteiger partial charge on any atom is 0.516 e. The number of unbranched alkanes of at least 4 members (excludes halogenated alkanes) is 2. The number of thioether (sulfide) groups is 1. The molecule has 0 unspecified atom stereocenters. The van der Waals surface area contributed by atoms with Crippen LogP contribution in [-0.2, 0) is 14.3 Å². The molecule has 0 saturated carbocycles. The van der Waals surface area contributed by atoms with Crippen LogP contribution in [0.25, 0.3) is 0 Å². The van der Waals surface area contributed by atoms with Gasteiger partial charge in [-0.05, 0) is 38.9 Å². The number of carbonyl (C=O) groups excluding carboxylic acids is 2. The third-order valence-corrected chi connectivity index (χ3v) is 4.42. The molecular formula is C15H27NO4S. The molecule has 0 rings (SSSR count). The Balaban J connectivity index is 4.20. The summed E-state index contributed by atoms with van der Waals surface area (Å²) in [6.45, 7) is 9.61. The molecule has 122 valence electrons. The molecule has 1 atom stereocenters. The molecule has 0 aromatic carbocycles. The van der Waals surface area contributed by atoms with Crippen LogP contribution in [-0.4, -0.2) is 35.3 Å². The van der Waals surface area contributed by atoms with E-state index in [1.165, 1.54) is 0 Å². The summed E-state index contributed by atoms with van der Waals surface area (Å²) in [6.07, 6.45) is 4.41. The Morgan fingerprint density at radius 2 is 2.05 bits per heavy atom. The Kier molecular flexibility index (Phi) is 10.2. The number of rotatable bonds is 10. The zero-order chi connectivity index (χ0) is 16.3. The van der Waals surface area contributed by atoms with Crippen LogP contribution in [0.15, 0.2) is 12.7 Å². The zero-order valence-corrected chi connectivity index (χ0v) is 14.0. The molecule has 5 nitrogen and oxygen atoms in total. The number of esters is 1. The van der Waals surface area contributed by atoms with Crippen molar-refractivity contribution in [2.24, 2.45) is 5.73 Å². The van der Waals surface area contributed by atoms with E-state index in [9.17, 15) is 9.59 Å². The van der Waals surface area contributed by atoms with Crippen LogP contribution >= 0.6 is 11.8 Å². The third kappa shape index (κ3) is 8.78. The first-order valence-electron chi connectivity index (χ1n) is 7.24. The van der Waals surface area contributed by atoms with E-state index in [1.54, 1.807) is 11.8 Å². The monoisotopic (exact) mass is 317 g/mol. The smallest absolute Gasteiger partial charge is 0.434 e. The Labute approximate surface area is 131 Å². The number of ether oxygens (including phenoxy) is 2. The van der Waals surface area contributed by atoms with Gasteiger partial charge in [-0.1, -0.05) is 19.4 Å². The average Bonchev–Trinajstić information content (AvgIpc) is 2.43. The molecule has 0 aliphatic rings. The van der Waals surface area contributed by atoms with Crippen molar-refractivity contribution >= 4 is 23.9 Å². The van der Waals surface area contributed by atoms with Gasteiger partial charge in [-0.3, -0.25) is 0 Å². The molecule has 6 heteroatoms. The maximum atomic E-state index is 11.8. The van der Waals surface area contributed by atoms with Crippen LogP contribution in [0.4, 0.5) is 4.79 Å². The minimum Gasteiger partial charge on any atom is -0.434 e. The van der Waals surface area contributed by atoms with Gasteiger partial charge in [-0.2, -0.15) is 11.8 Å². The molecule has 0 spiro atoms. The van der Waals surface area contributed by atoms with Crippen LogP contribution in [0.2, 0.25) is 0 Å². The van der Waals surface area contributed by atoms with E-state index < -0.39 is 22.9 Å². The number of carbonyl (C=O) groups is 2. The van der Waals surface area contributed by atoms with E-state index in [0.717, 1.165) is 31.4 Å².